The molecule has 0 aliphatic carbocycles. The van der Waals surface area contributed by atoms with E-state index in [0.717, 1.165) is 12.2 Å². The average molecular weight is 256 g/mol. The van der Waals surface area contributed by atoms with Crippen LogP contribution in [-0.2, 0) is 11.2 Å². The topological polar surface area (TPSA) is 35.5 Å². The summed E-state index contributed by atoms with van der Waals surface area (Å²) in [6.07, 6.45) is 0.868. The minimum Gasteiger partial charge on any atom is -0.493 e. The number of rotatable bonds is 5. The zero-order chi connectivity index (χ0) is 13.5. The Morgan fingerprint density at radius 1 is 0.947 bits per heavy atom. The van der Waals surface area contributed by atoms with Gasteiger partial charge < -0.3 is 9.47 Å². The van der Waals surface area contributed by atoms with Crippen LogP contribution >= 0.6 is 0 Å². The van der Waals surface area contributed by atoms with Crippen molar-refractivity contribution in [2.24, 2.45) is 0 Å². The molecule has 0 saturated heterocycles. The third kappa shape index (κ3) is 4.47. The number of benzene rings is 2. The molecule has 0 atom stereocenters. The van der Waals surface area contributed by atoms with Crippen molar-refractivity contribution in [3.63, 3.8) is 0 Å². The molecule has 3 heteroatoms. The second kappa shape index (κ2) is 6.59. The SMILES string of the molecule is CC(=O)Oc1ccc(OCCc2ccccc2)cc1. The Bertz CT molecular complexity index is 517. The van der Waals surface area contributed by atoms with Gasteiger partial charge in [0.25, 0.3) is 0 Å². The van der Waals surface area contributed by atoms with Crippen LogP contribution in [0.15, 0.2) is 54.6 Å². The van der Waals surface area contributed by atoms with E-state index in [0.29, 0.717) is 12.4 Å². The zero-order valence-corrected chi connectivity index (χ0v) is 10.8. The number of carbonyl (C=O) groups is 1. The molecule has 0 amide bonds. The molecule has 2 rings (SSSR count). The van der Waals surface area contributed by atoms with Crippen molar-refractivity contribution in [3.8, 4) is 11.5 Å². The molecule has 0 aromatic heterocycles. The minimum absolute atomic E-state index is 0.322. The summed E-state index contributed by atoms with van der Waals surface area (Å²) in [6, 6.07) is 17.2. The van der Waals surface area contributed by atoms with Gasteiger partial charge in [0.1, 0.15) is 11.5 Å². The van der Waals surface area contributed by atoms with Gasteiger partial charge in [0, 0.05) is 13.3 Å². The van der Waals surface area contributed by atoms with Gasteiger partial charge in [0.05, 0.1) is 6.61 Å². The number of ether oxygens (including phenoxy) is 2. The van der Waals surface area contributed by atoms with Crippen LogP contribution in [0.3, 0.4) is 0 Å². The maximum atomic E-state index is 10.8. The van der Waals surface area contributed by atoms with E-state index in [1.54, 1.807) is 24.3 Å². The molecule has 0 radical (unpaired) electrons. The Morgan fingerprint density at radius 3 is 2.21 bits per heavy atom. The maximum absolute atomic E-state index is 10.8. The minimum atomic E-state index is -0.322. The van der Waals surface area contributed by atoms with Crippen LogP contribution in [0.5, 0.6) is 11.5 Å². The molecule has 0 bridgehead atoms. The van der Waals surface area contributed by atoms with Gasteiger partial charge in [-0.25, -0.2) is 0 Å². The molecule has 3 nitrogen and oxygen atoms in total. The summed E-state index contributed by atoms with van der Waals surface area (Å²) in [6.45, 7) is 2.00. The van der Waals surface area contributed by atoms with E-state index in [2.05, 4.69) is 12.1 Å². The molecule has 0 spiro atoms. The first-order chi connectivity index (χ1) is 9.24. The van der Waals surface area contributed by atoms with E-state index in [9.17, 15) is 4.79 Å². The van der Waals surface area contributed by atoms with Crippen LogP contribution in [0, 0.1) is 0 Å². The van der Waals surface area contributed by atoms with Crippen LogP contribution in [0.4, 0.5) is 0 Å². The van der Waals surface area contributed by atoms with Gasteiger partial charge in [-0.05, 0) is 29.8 Å². The molecule has 0 aliphatic heterocycles. The zero-order valence-electron chi connectivity index (χ0n) is 10.8. The van der Waals surface area contributed by atoms with Crippen molar-refractivity contribution < 1.29 is 14.3 Å². The van der Waals surface area contributed by atoms with Gasteiger partial charge in [-0.3, -0.25) is 4.79 Å². The van der Waals surface area contributed by atoms with E-state index >= 15 is 0 Å². The van der Waals surface area contributed by atoms with Gasteiger partial charge in [-0.1, -0.05) is 30.3 Å². The van der Waals surface area contributed by atoms with E-state index in [1.807, 2.05) is 18.2 Å². The summed E-state index contributed by atoms with van der Waals surface area (Å²) in [5, 5.41) is 0. The second-order valence-electron chi connectivity index (χ2n) is 4.15. The third-order valence-electron chi connectivity index (χ3n) is 2.59. The smallest absolute Gasteiger partial charge is 0.308 e. The van der Waals surface area contributed by atoms with Crippen molar-refractivity contribution in [2.75, 3.05) is 6.61 Å². The van der Waals surface area contributed by atoms with Gasteiger partial charge in [-0.2, -0.15) is 0 Å². The molecule has 0 heterocycles. The number of esters is 1. The summed E-state index contributed by atoms with van der Waals surface area (Å²) < 4.78 is 10.6. The lowest BCUT2D eigenvalue weighted by Gasteiger charge is -2.07. The van der Waals surface area contributed by atoms with E-state index in [1.165, 1.54) is 12.5 Å². The predicted molar refractivity (Wildman–Crippen MR) is 73.4 cm³/mol. The summed E-state index contributed by atoms with van der Waals surface area (Å²) in [4.78, 5) is 10.8. The highest BCUT2D eigenvalue weighted by molar-refractivity contribution is 5.69. The predicted octanol–water partition coefficient (Wildman–Crippen LogP) is 3.23. The maximum Gasteiger partial charge on any atom is 0.308 e. The van der Waals surface area contributed by atoms with Crippen LogP contribution in [-0.4, -0.2) is 12.6 Å². The molecular formula is C16H16O3. The lowest BCUT2D eigenvalue weighted by Crippen LogP contribution is -2.02. The molecule has 0 unspecified atom stereocenters. The first kappa shape index (κ1) is 13.1. The Balaban J connectivity index is 1.81. The van der Waals surface area contributed by atoms with Gasteiger partial charge >= 0.3 is 5.97 Å². The van der Waals surface area contributed by atoms with Crippen LogP contribution in [0.2, 0.25) is 0 Å². The molecule has 0 fully saturated rings. The van der Waals surface area contributed by atoms with E-state index < -0.39 is 0 Å². The molecule has 0 saturated carbocycles. The highest BCUT2D eigenvalue weighted by atomic mass is 16.5. The molecule has 2 aromatic rings. The summed E-state index contributed by atoms with van der Waals surface area (Å²) >= 11 is 0. The fourth-order valence-corrected chi connectivity index (χ4v) is 1.70. The third-order valence-corrected chi connectivity index (χ3v) is 2.59. The fraction of sp³-hybridized carbons (Fsp3) is 0.188. The van der Waals surface area contributed by atoms with Gasteiger partial charge in [-0.15, -0.1) is 0 Å². The second-order valence-corrected chi connectivity index (χ2v) is 4.15. The average Bonchev–Trinajstić information content (AvgIpc) is 2.41. The molecule has 2 aromatic carbocycles. The van der Waals surface area contributed by atoms with E-state index in [-0.39, 0.29) is 5.97 Å². The molecule has 98 valence electrons. The Labute approximate surface area is 112 Å². The van der Waals surface area contributed by atoms with Gasteiger partial charge in [0.15, 0.2) is 0 Å². The Morgan fingerprint density at radius 2 is 1.58 bits per heavy atom. The van der Waals surface area contributed by atoms with Crippen LogP contribution in [0.25, 0.3) is 0 Å². The Hall–Kier alpha value is -2.29. The van der Waals surface area contributed by atoms with Crippen molar-refractivity contribution in [1.82, 2.24) is 0 Å². The molecule has 0 N–H and O–H groups in total. The Kier molecular flexibility index (Phi) is 4.56. The lowest BCUT2D eigenvalue weighted by molar-refractivity contribution is -0.131. The summed E-state index contributed by atoms with van der Waals surface area (Å²) in [5.41, 5.74) is 1.25. The van der Waals surface area contributed by atoms with Crippen molar-refractivity contribution >= 4 is 5.97 Å². The van der Waals surface area contributed by atoms with Crippen LogP contribution in [0.1, 0.15) is 12.5 Å². The number of hydrogen-bond acceptors (Lipinski definition) is 3. The summed E-state index contributed by atoms with van der Waals surface area (Å²) in [5.74, 6) is 0.979. The quantitative estimate of drug-likeness (QED) is 0.608. The highest BCUT2D eigenvalue weighted by Gasteiger charge is 1.99. The lowest BCUT2D eigenvalue weighted by atomic mass is 10.2. The first-order valence-corrected chi connectivity index (χ1v) is 6.19. The first-order valence-electron chi connectivity index (χ1n) is 6.19. The largest absolute Gasteiger partial charge is 0.493 e. The normalized spacial score (nSPS) is 9.95. The van der Waals surface area contributed by atoms with Crippen LogP contribution < -0.4 is 9.47 Å². The fourth-order valence-electron chi connectivity index (χ4n) is 1.70. The summed E-state index contributed by atoms with van der Waals surface area (Å²) in [7, 11) is 0. The standard InChI is InChI=1S/C16H16O3/c1-13(17)19-16-9-7-15(8-10-16)18-12-11-14-5-3-2-4-6-14/h2-10H,11-12H2,1H3. The number of hydrogen-bond donors (Lipinski definition) is 0. The molecular weight excluding hydrogens is 240 g/mol. The molecule has 0 aliphatic rings. The van der Waals surface area contributed by atoms with Gasteiger partial charge in [0.2, 0.25) is 0 Å². The monoisotopic (exact) mass is 256 g/mol. The van der Waals surface area contributed by atoms with Crippen molar-refractivity contribution in [2.45, 2.75) is 13.3 Å². The highest BCUT2D eigenvalue weighted by Crippen LogP contribution is 2.17. The van der Waals surface area contributed by atoms with Crippen molar-refractivity contribution in [1.29, 1.82) is 0 Å². The van der Waals surface area contributed by atoms with Crippen molar-refractivity contribution in [3.05, 3.63) is 60.2 Å². The van der Waals surface area contributed by atoms with E-state index in [4.69, 9.17) is 9.47 Å². The molecule has 19 heavy (non-hydrogen) atoms. The number of carbonyl (C=O) groups excluding carboxylic acids is 1.